The monoisotopic (exact) mass is 303 g/mol. The van der Waals surface area contributed by atoms with Gasteiger partial charge in [0.25, 0.3) is 5.91 Å². The molecule has 2 rings (SSSR count). The minimum atomic E-state index is -0.642. The van der Waals surface area contributed by atoms with Crippen LogP contribution in [0.1, 0.15) is 20.7 Å². The number of nitrogens with one attached hydrogen (secondary N) is 1. The molecule has 0 heterocycles. The van der Waals surface area contributed by atoms with Crippen LogP contribution in [0.4, 0.5) is 10.1 Å². The van der Waals surface area contributed by atoms with Gasteiger partial charge in [-0.1, -0.05) is 12.1 Å². The quantitative estimate of drug-likeness (QED) is 0.882. The van der Waals surface area contributed by atoms with Crippen molar-refractivity contribution >= 4 is 17.6 Å². The van der Waals surface area contributed by atoms with Crippen LogP contribution in [0.25, 0.3) is 0 Å². The summed E-state index contributed by atoms with van der Waals surface area (Å²) < 4.78 is 23.1. The normalized spacial score (nSPS) is 9.95. The van der Waals surface area contributed by atoms with E-state index in [0.29, 0.717) is 0 Å². The number of ether oxygens (including phenoxy) is 2. The minimum Gasteiger partial charge on any atom is -0.494 e. The van der Waals surface area contributed by atoms with Crippen LogP contribution in [0.15, 0.2) is 42.5 Å². The maximum atomic E-state index is 13.6. The maximum Gasteiger partial charge on any atom is 0.339 e. The number of carbonyl (C=O) groups is 2. The fourth-order valence-electron chi connectivity index (χ4n) is 1.88. The molecule has 0 aliphatic carbocycles. The lowest BCUT2D eigenvalue weighted by atomic mass is 10.1. The van der Waals surface area contributed by atoms with Crippen molar-refractivity contribution in [2.45, 2.75) is 0 Å². The van der Waals surface area contributed by atoms with E-state index in [1.807, 2.05) is 0 Å². The highest BCUT2D eigenvalue weighted by molar-refractivity contribution is 6.08. The summed E-state index contributed by atoms with van der Waals surface area (Å²) in [5.41, 5.74) is 0.612. The van der Waals surface area contributed by atoms with E-state index in [4.69, 9.17) is 4.74 Å². The zero-order valence-corrected chi connectivity index (χ0v) is 12.1. The SMILES string of the molecule is COC(=O)c1ccccc1NC(=O)c1ccc(OC)c(F)c1. The first-order valence-corrected chi connectivity index (χ1v) is 6.39. The van der Waals surface area contributed by atoms with Crippen LogP contribution < -0.4 is 10.1 Å². The summed E-state index contributed by atoms with van der Waals surface area (Å²) in [6.07, 6.45) is 0. The molecule has 114 valence electrons. The van der Waals surface area contributed by atoms with Gasteiger partial charge >= 0.3 is 5.97 Å². The van der Waals surface area contributed by atoms with Crippen molar-refractivity contribution in [3.8, 4) is 5.75 Å². The topological polar surface area (TPSA) is 64.6 Å². The zero-order chi connectivity index (χ0) is 16.1. The number of hydrogen-bond acceptors (Lipinski definition) is 4. The first kappa shape index (κ1) is 15.5. The van der Waals surface area contributed by atoms with Crippen LogP contribution in [0.3, 0.4) is 0 Å². The molecule has 22 heavy (non-hydrogen) atoms. The van der Waals surface area contributed by atoms with Crippen LogP contribution in [-0.4, -0.2) is 26.1 Å². The van der Waals surface area contributed by atoms with Crippen LogP contribution in [0, 0.1) is 5.82 Å². The molecule has 0 bridgehead atoms. The van der Waals surface area contributed by atoms with Crippen molar-refractivity contribution in [3.05, 3.63) is 59.4 Å². The Morgan fingerprint density at radius 1 is 1.09 bits per heavy atom. The molecule has 2 aromatic rings. The Labute approximate surface area is 126 Å². The Hall–Kier alpha value is -2.89. The summed E-state index contributed by atoms with van der Waals surface area (Å²) in [6.45, 7) is 0. The van der Waals surface area contributed by atoms with Gasteiger partial charge in [-0.15, -0.1) is 0 Å². The molecular weight excluding hydrogens is 289 g/mol. The van der Waals surface area contributed by atoms with Crippen LogP contribution in [0.2, 0.25) is 0 Å². The number of amides is 1. The Bertz CT molecular complexity index is 715. The number of esters is 1. The van der Waals surface area contributed by atoms with Gasteiger partial charge in [0.05, 0.1) is 25.5 Å². The smallest absolute Gasteiger partial charge is 0.339 e. The average molecular weight is 303 g/mol. The van der Waals surface area contributed by atoms with Gasteiger partial charge < -0.3 is 14.8 Å². The number of benzene rings is 2. The largest absolute Gasteiger partial charge is 0.494 e. The van der Waals surface area contributed by atoms with Crippen LogP contribution in [-0.2, 0) is 4.74 Å². The van der Waals surface area contributed by atoms with Crippen LogP contribution >= 0.6 is 0 Å². The molecule has 0 aliphatic rings. The van der Waals surface area contributed by atoms with Crippen molar-refractivity contribution in [1.29, 1.82) is 0 Å². The predicted molar refractivity (Wildman–Crippen MR) is 78.7 cm³/mol. The second kappa shape index (κ2) is 6.71. The standard InChI is InChI=1S/C16H14FNO4/c1-21-14-8-7-10(9-12(14)17)15(19)18-13-6-4-3-5-11(13)16(20)22-2/h3-9H,1-2H3,(H,18,19). The number of methoxy groups -OCH3 is 2. The number of para-hydroxylation sites is 1. The fourth-order valence-corrected chi connectivity index (χ4v) is 1.88. The number of halogens is 1. The molecule has 0 radical (unpaired) electrons. The molecular formula is C16H14FNO4. The molecule has 5 nitrogen and oxygen atoms in total. The molecule has 6 heteroatoms. The first-order chi connectivity index (χ1) is 10.6. The van der Waals surface area contributed by atoms with E-state index in [1.165, 1.54) is 32.4 Å². The molecule has 0 aromatic heterocycles. The Kier molecular flexibility index (Phi) is 4.73. The third kappa shape index (κ3) is 3.22. The summed E-state index contributed by atoms with van der Waals surface area (Å²) in [6, 6.07) is 10.2. The molecule has 0 saturated carbocycles. The van der Waals surface area contributed by atoms with E-state index in [9.17, 15) is 14.0 Å². The highest BCUT2D eigenvalue weighted by Gasteiger charge is 2.15. The molecule has 0 saturated heterocycles. The van der Waals surface area contributed by atoms with E-state index >= 15 is 0 Å². The molecule has 1 N–H and O–H groups in total. The Morgan fingerprint density at radius 3 is 2.45 bits per heavy atom. The fraction of sp³-hybridized carbons (Fsp3) is 0.125. The highest BCUT2D eigenvalue weighted by atomic mass is 19.1. The van der Waals surface area contributed by atoms with E-state index in [1.54, 1.807) is 18.2 Å². The molecule has 1 amide bonds. The highest BCUT2D eigenvalue weighted by Crippen LogP contribution is 2.20. The van der Waals surface area contributed by atoms with Crippen molar-refractivity contribution in [1.82, 2.24) is 0 Å². The lowest BCUT2D eigenvalue weighted by molar-refractivity contribution is 0.0602. The first-order valence-electron chi connectivity index (χ1n) is 6.39. The van der Waals surface area contributed by atoms with Gasteiger partial charge in [-0.25, -0.2) is 9.18 Å². The van der Waals surface area contributed by atoms with Gasteiger partial charge in [-0.05, 0) is 30.3 Å². The molecule has 0 aliphatic heterocycles. The number of rotatable bonds is 4. The molecule has 0 spiro atoms. The number of anilines is 1. The van der Waals surface area contributed by atoms with Gasteiger partial charge in [0.2, 0.25) is 0 Å². The van der Waals surface area contributed by atoms with E-state index in [0.717, 1.165) is 6.07 Å². The van der Waals surface area contributed by atoms with Crippen molar-refractivity contribution in [3.63, 3.8) is 0 Å². The summed E-state index contributed by atoms with van der Waals surface area (Å²) in [4.78, 5) is 23.8. The number of carbonyl (C=O) groups excluding carboxylic acids is 2. The van der Waals surface area contributed by atoms with Gasteiger partial charge in [0.15, 0.2) is 11.6 Å². The molecule has 2 aromatic carbocycles. The van der Waals surface area contributed by atoms with E-state index in [-0.39, 0.29) is 22.6 Å². The van der Waals surface area contributed by atoms with Gasteiger partial charge in [0, 0.05) is 5.56 Å². The van der Waals surface area contributed by atoms with Gasteiger partial charge in [-0.2, -0.15) is 0 Å². The van der Waals surface area contributed by atoms with Crippen LogP contribution in [0.5, 0.6) is 5.75 Å². The minimum absolute atomic E-state index is 0.0477. The Morgan fingerprint density at radius 2 is 1.82 bits per heavy atom. The third-order valence-corrected chi connectivity index (χ3v) is 2.99. The van der Waals surface area contributed by atoms with E-state index < -0.39 is 17.7 Å². The molecule has 0 fully saturated rings. The summed E-state index contributed by atoms with van der Waals surface area (Å²) >= 11 is 0. The summed E-state index contributed by atoms with van der Waals surface area (Å²) in [5.74, 6) is -1.71. The lowest BCUT2D eigenvalue weighted by Crippen LogP contribution is -2.15. The second-order valence-corrected chi connectivity index (χ2v) is 4.34. The van der Waals surface area contributed by atoms with E-state index in [2.05, 4.69) is 10.1 Å². The Balaban J connectivity index is 2.26. The second-order valence-electron chi connectivity index (χ2n) is 4.34. The lowest BCUT2D eigenvalue weighted by Gasteiger charge is -2.10. The summed E-state index contributed by atoms with van der Waals surface area (Å²) in [5, 5.41) is 2.56. The molecule has 0 atom stereocenters. The number of hydrogen-bond donors (Lipinski definition) is 1. The van der Waals surface area contributed by atoms with Gasteiger partial charge in [-0.3, -0.25) is 4.79 Å². The van der Waals surface area contributed by atoms with Crippen molar-refractivity contribution < 1.29 is 23.5 Å². The summed E-state index contributed by atoms with van der Waals surface area (Å²) in [7, 11) is 2.59. The zero-order valence-electron chi connectivity index (χ0n) is 12.1. The third-order valence-electron chi connectivity index (χ3n) is 2.99. The average Bonchev–Trinajstić information content (AvgIpc) is 2.54. The molecule has 0 unspecified atom stereocenters. The maximum absolute atomic E-state index is 13.6. The van der Waals surface area contributed by atoms with Gasteiger partial charge in [0.1, 0.15) is 0 Å². The van der Waals surface area contributed by atoms with Crippen molar-refractivity contribution in [2.24, 2.45) is 0 Å². The predicted octanol–water partition coefficient (Wildman–Crippen LogP) is 2.87. The van der Waals surface area contributed by atoms with Crippen molar-refractivity contribution in [2.75, 3.05) is 19.5 Å².